The van der Waals surface area contributed by atoms with Gasteiger partial charge in [-0.3, -0.25) is 4.79 Å². The lowest BCUT2D eigenvalue weighted by Crippen LogP contribution is -2.40. The molecule has 4 N–H and O–H groups in total. The van der Waals surface area contributed by atoms with Crippen molar-refractivity contribution in [2.75, 3.05) is 0 Å². The molecule has 1 heterocycles. The minimum Gasteiger partial charge on any atom is -0.387 e. The van der Waals surface area contributed by atoms with Gasteiger partial charge >= 0.3 is 0 Å². The summed E-state index contributed by atoms with van der Waals surface area (Å²) in [5.41, 5.74) is 0. The van der Waals surface area contributed by atoms with Gasteiger partial charge in [-0.05, 0) is 6.92 Å². The van der Waals surface area contributed by atoms with Gasteiger partial charge in [0.15, 0.2) is 18.2 Å². The highest BCUT2D eigenvalue weighted by molar-refractivity contribution is 5.87. The zero-order valence-electron chi connectivity index (χ0n) is 6.99. The smallest absolute Gasteiger partial charge is 0.192 e. The third kappa shape index (κ3) is 1.87. The SMILES string of the molecule is CC(O)C(=O)[C@H]1OC(O)[C@H](O)[C@H]1O. The van der Waals surface area contributed by atoms with E-state index in [2.05, 4.69) is 4.74 Å². The molecule has 0 aliphatic carbocycles. The van der Waals surface area contributed by atoms with Gasteiger partial charge in [0.2, 0.25) is 0 Å². The summed E-state index contributed by atoms with van der Waals surface area (Å²) in [4.78, 5) is 11.1. The maximum atomic E-state index is 11.1. The molecule has 0 bridgehead atoms. The summed E-state index contributed by atoms with van der Waals surface area (Å²) in [7, 11) is 0. The maximum absolute atomic E-state index is 11.1. The second-order valence-electron chi connectivity index (χ2n) is 3.01. The molecule has 13 heavy (non-hydrogen) atoms. The van der Waals surface area contributed by atoms with Crippen LogP contribution in [0, 0.1) is 0 Å². The Hall–Kier alpha value is -0.530. The molecule has 5 atom stereocenters. The van der Waals surface area contributed by atoms with Gasteiger partial charge in [0, 0.05) is 0 Å². The van der Waals surface area contributed by atoms with Gasteiger partial charge in [-0.25, -0.2) is 0 Å². The fraction of sp³-hybridized carbons (Fsp3) is 0.857. The zero-order chi connectivity index (χ0) is 10.2. The van der Waals surface area contributed by atoms with Gasteiger partial charge in [-0.1, -0.05) is 0 Å². The van der Waals surface area contributed by atoms with Crippen molar-refractivity contribution in [3.8, 4) is 0 Å². The lowest BCUT2D eigenvalue weighted by molar-refractivity contribution is -0.155. The monoisotopic (exact) mass is 192 g/mol. The molecule has 0 aromatic heterocycles. The predicted molar refractivity (Wildman–Crippen MR) is 39.6 cm³/mol. The van der Waals surface area contributed by atoms with Crippen molar-refractivity contribution in [1.29, 1.82) is 0 Å². The van der Waals surface area contributed by atoms with Gasteiger partial charge in [-0.2, -0.15) is 0 Å². The summed E-state index contributed by atoms with van der Waals surface area (Å²) in [6, 6.07) is 0. The summed E-state index contributed by atoms with van der Waals surface area (Å²) < 4.78 is 4.55. The molecular weight excluding hydrogens is 180 g/mol. The van der Waals surface area contributed by atoms with Gasteiger partial charge in [0.05, 0.1) is 0 Å². The molecule has 0 spiro atoms. The fourth-order valence-electron chi connectivity index (χ4n) is 1.13. The van der Waals surface area contributed by atoms with E-state index in [9.17, 15) is 9.90 Å². The van der Waals surface area contributed by atoms with Crippen molar-refractivity contribution in [2.24, 2.45) is 0 Å². The quantitative estimate of drug-likeness (QED) is 0.381. The minimum absolute atomic E-state index is 0.761. The molecule has 0 amide bonds. The number of hydrogen-bond donors (Lipinski definition) is 4. The highest BCUT2D eigenvalue weighted by atomic mass is 16.6. The van der Waals surface area contributed by atoms with E-state index in [1.165, 1.54) is 6.92 Å². The summed E-state index contributed by atoms with van der Waals surface area (Å²) in [6.07, 6.45) is -7.23. The molecule has 1 aliphatic heterocycles. The van der Waals surface area contributed by atoms with Crippen LogP contribution in [0.15, 0.2) is 0 Å². The van der Waals surface area contributed by atoms with Crippen molar-refractivity contribution < 1.29 is 30.0 Å². The first kappa shape index (κ1) is 10.6. The Morgan fingerprint density at radius 3 is 2.15 bits per heavy atom. The van der Waals surface area contributed by atoms with Gasteiger partial charge in [0.25, 0.3) is 0 Å². The topological polar surface area (TPSA) is 107 Å². The Kier molecular flexibility index (Phi) is 2.99. The summed E-state index contributed by atoms with van der Waals surface area (Å²) >= 11 is 0. The summed E-state index contributed by atoms with van der Waals surface area (Å²) in [5, 5.41) is 36.0. The normalized spacial score (nSPS) is 41.9. The van der Waals surface area contributed by atoms with Gasteiger partial charge < -0.3 is 25.2 Å². The van der Waals surface area contributed by atoms with Crippen LogP contribution in [-0.4, -0.2) is 56.9 Å². The Morgan fingerprint density at radius 2 is 1.85 bits per heavy atom. The fourth-order valence-corrected chi connectivity index (χ4v) is 1.13. The minimum atomic E-state index is -1.58. The molecule has 1 saturated heterocycles. The highest BCUT2D eigenvalue weighted by Crippen LogP contribution is 2.20. The number of ether oxygens (including phenoxy) is 1. The van der Waals surface area contributed by atoms with Gasteiger partial charge in [0.1, 0.15) is 18.3 Å². The number of hydrogen-bond acceptors (Lipinski definition) is 6. The third-order valence-electron chi connectivity index (χ3n) is 1.93. The van der Waals surface area contributed by atoms with Crippen molar-refractivity contribution in [3.05, 3.63) is 0 Å². The van der Waals surface area contributed by atoms with Crippen LogP contribution in [0.5, 0.6) is 0 Å². The summed E-state index contributed by atoms with van der Waals surface area (Å²) in [6.45, 7) is 1.22. The Morgan fingerprint density at radius 1 is 1.31 bits per heavy atom. The van der Waals surface area contributed by atoms with E-state index < -0.39 is 36.5 Å². The number of ketones is 1. The van der Waals surface area contributed by atoms with Crippen LogP contribution in [0.3, 0.4) is 0 Å². The molecule has 1 fully saturated rings. The second-order valence-corrected chi connectivity index (χ2v) is 3.01. The van der Waals surface area contributed by atoms with E-state index in [1.807, 2.05) is 0 Å². The van der Waals surface area contributed by atoms with Crippen molar-refractivity contribution in [3.63, 3.8) is 0 Å². The number of aliphatic hydroxyl groups is 4. The lowest BCUT2D eigenvalue weighted by atomic mass is 10.0. The number of carbonyl (C=O) groups is 1. The highest BCUT2D eigenvalue weighted by Gasteiger charge is 2.46. The number of Topliss-reactive ketones (excluding diaryl/α,β-unsaturated/α-hetero) is 1. The zero-order valence-corrected chi connectivity index (χ0v) is 6.99. The van der Waals surface area contributed by atoms with E-state index >= 15 is 0 Å². The molecule has 1 aliphatic rings. The van der Waals surface area contributed by atoms with Crippen LogP contribution in [0.4, 0.5) is 0 Å². The van der Waals surface area contributed by atoms with Crippen LogP contribution in [0.25, 0.3) is 0 Å². The van der Waals surface area contributed by atoms with Gasteiger partial charge in [-0.15, -0.1) is 0 Å². The van der Waals surface area contributed by atoms with Crippen LogP contribution in [-0.2, 0) is 9.53 Å². The average Bonchev–Trinajstić information content (AvgIpc) is 2.31. The number of aliphatic hydroxyl groups excluding tert-OH is 4. The third-order valence-corrected chi connectivity index (χ3v) is 1.93. The molecule has 2 unspecified atom stereocenters. The van der Waals surface area contributed by atoms with E-state index in [1.54, 1.807) is 0 Å². The first-order valence-corrected chi connectivity index (χ1v) is 3.86. The molecule has 1 rings (SSSR count). The standard InChI is InChI=1S/C7H12O6/c1-2(8)3(9)6-4(10)5(11)7(12)13-6/h2,4-8,10-12H,1H3/t2?,4-,5-,6-,7?/m1/s1. The maximum Gasteiger partial charge on any atom is 0.192 e. The lowest BCUT2D eigenvalue weighted by Gasteiger charge is -2.14. The Bertz CT molecular complexity index is 203. The van der Waals surface area contributed by atoms with Crippen molar-refractivity contribution >= 4 is 5.78 Å². The molecule has 0 radical (unpaired) electrons. The van der Waals surface area contributed by atoms with E-state index in [-0.39, 0.29) is 0 Å². The molecule has 76 valence electrons. The molecule has 0 aromatic rings. The second kappa shape index (κ2) is 3.69. The first-order chi connectivity index (χ1) is 5.95. The summed E-state index contributed by atoms with van der Waals surface area (Å²) in [5.74, 6) is -0.761. The first-order valence-electron chi connectivity index (χ1n) is 3.86. The van der Waals surface area contributed by atoms with E-state index in [0.29, 0.717) is 0 Å². The largest absolute Gasteiger partial charge is 0.387 e. The number of carbonyl (C=O) groups excluding carboxylic acids is 1. The average molecular weight is 192 g/mol. The molecule has 6 heteroatoms. The predicted octanol–water partition coefficient (Wildman–Crippen LogP) is -2.62. The molecular formula is C7H12O6. The van der Waals surface area contributed by atoms with Crippen LogP contribution < -0.4 is 0 Å². The van der Waals surface area contributed by atoms with Crippen LogP contribution >= 0.6 is 0 Å². The van der Waals surface area contributed by atoms with E-state index in [4.69, 9.17) is 15.3 Å². The van der Waals surface area contributed by atoms with Crippen LogP contribution in [0.2, 0.25) is 0 Å². The Labute approximate surface area is 74.4 Å². The molecule has 0 saturated carbocycles. The van der Waals surface area contributed by atoms with Crippen molar-refractivity contribution in [1.82, 2.24) is 0 Å². The van der Waals surface area contributed by atoms with Crippen molar-refractivity contribution in [2.45, 2.75) is 37.6 Å². The molecule has 6 nitrogen and oxygen atoms in total. The Balaban J connectivity index is 2.68. The van der Waals surface area contributed by atoms with Crippen LogP contribution in [0.1, 0.15) is 6.92 Å². The molecule has 0 aromatic carbocycles. The van der Waals surface area contributed by atoms with E-state index in [0.717, 1.165) is 0 Å². The number of rotatable bonds is 2.